The lowest BCUT2D eigenvalue weighted by atomic mass is 10.1. The molecule has 0 atom stereocenters. The van der Waals surface area contributed by atoms with Gasteiger partial charge in [-0.05, 0) is 55.3 Å². The lowest BCUT2D eigenvalue weighted by Gasteiger charge is -2.10. The number of nitrogens with zero attached hydrogens (tertiary/aromatic N) is 1. The molecule has 0 saturated carbocycles. The first kappa shape index (κ1) is 22.3. The third-order valence-electron chi connectivity index (χ3n) is 4.19. The zero-order chi connectivity index (χ0) is 22.3. The van der Waals surface area contributed by atoms with Crippen LogP contribution in [0.1, 0.15) is 21.5 Å². The van der Waals surface area contributed by atoms with E-state index in [4.69, 9.17) is 9.47 Å². The first-order valence-corrected chi connectivity index (χ1v) is 8.84. The largest absolute Gasteiger partial charge is 0.497 e. The van der Waals surface area contributed by atoms with E-state index in [1.165, 1.54) is 31.4 Å². The number of nitro groups is 1. The van der Waals surface area contributed by atoms with E-state index in [1.54, 1.807) is 26.0 Å². The standard InChI is InChI=1S/C20H21N3O7/c1-12-8-16(17(23(27)28)9-13(12)2)22-18(24)11-30-19(25)10-21-20(26)14-4-6-15(29-3)7-5-14/h4-9H,10-11H2,1-3H3,(H,21,26)(H,22,24). The van der Waals surface area contributed by atoms with Gasteiger partial charge >= 0.3 is 5.97 Å². The van der Waals surface area contributed by atoms with Crippen LogP contribution in [-0.4, -0.2) is 43.0 Å². The van der Waals surface area contributed by atoms with Crippen molar-refractivity contribution in [1.82, 2.24) is 5.32 Å². The third-order valence-corrected chi connectivity index (χ3v) is 4.19. The monoisotopic (exact) mass is 415 g/mol. The van der Waals surface area contributed by atoms with Crippen molar-refractivity contribution in [3.05, 3.63) is 63.2 Å². The second-order valence-electron chi connectivity index (χ2n) is 6.33. The topological polar surface area (TPSA) is 137 Å². The molecular formula is C20H21N3O7. The van der Waals surface area contributed by atoms with E-state index in [-0.39, 0.29) is 11.4 Å². The van der Waals surface area contributed by atoms with Crippen molar-refractivity contribution >= 4 is 29.2 Å². The van der Waals surface area contributed by atoms with Crippen molar-refractivity contribution in [2.75, 3.05) is 25.6 Å². The van der Waals surface area contributed by atoms with Crippen LogP contribution in [0.25, 0.3) is 0 Å². The van der Waals surface area contributed by atoms with E-state index < -0.39 is 35.9 Å². The highest BCUT2D eigenvalue weighted by Crippen LogP contribution is 2.27. The molecular weight excluding hydrogens is 394 g/mol. The summed E-state index contributed by atoms with van der Waals surface area (Å²) in [6.45, 7) is 2.37. The molecule has 0 radical (unpaired) electrons. The lowest BCUT2D eigenvalue weighted by Crippen LogP contribution is -2.32. The van der Waals surface area contributed by atoms with Gasteiger partial charge in [-0.1, -0.05) is 0 Å². The van der Waals surface area contributed by atoms with Crippen molar-refractivity contribution in [3.63, 3.8) is 0 Å². The van der Waals surface area contributed by atoms with Gasteiger partial charge in [0.15, 0.2) is 6.61 Å². The van der Waals surface area contributed by atoms with Gasteiger partial charge < -0.3 is 20.1 Å². The molecule has 0 aliphatic carbocycles. The molecule has 0 bridgehead atoms. The Morgan fingerprint density at radius 3 is 2.30 bits per heavy atom. The minimum Gasteiger partial charge on any atom is -0.497 e. The summed E-state index contributed by atoms with van der Waals surface area (Å²) in [6, 6.07) is 9.09. The number of nitro benzene ring substituents is 1. The molecule has 2 rings (SSSR count). The summed E-state index contributed by atoms with van der Waals surface area (Å²) >= 11 is 0. The number of hydrogen-bond acceptors (Lipinski definition) is 7. The Balaban J connectivity index is 1.84. The Morgan fingerprint density at radius 1 is 1.07 bits per heavy atom. The normalized spacial score (nSPS) is 10.1. The SMILES string of the molecule is COc1ccc(C(=O)NCC(=O)OCC(=O)Nc2cc(C)c(C)cc2[N+](=O)[O-])cc1. The fourth-order valence-electron chi connectivity index (χ4n) is 2.43. The zero-order valence-corrected chi connectivity index (χ0v) is 16.7. The number of rotatable bonds is 8. The highest BCUT2D eigenvalue weighted by Gasteiger charge is 2.18. The van der Waals surface area contributed by atoms with Crippen molar-refractivity contribution in [2.24, 2.45) is 0 Å². The number of carbonyl (C=O) groups is 3. The van der Waals surface area contributed by atoms with E-state index in [0.29, 0.717) is 16.9 Å². The predicted octanol–water partition coefficient (Wildman–Crippen LogP) is 2.13. The Bertz CT molecular complexity index is 971. The van der Waals surface area contributed by atoms with Gasteiger partial charge in [-0.25, -0.2) is 0 Å². The summed E-state index contributed by atoms with van der Waals surface area (Å²) in [6.07, 6.45) is 0. The molecule has 10 nitrogen and oxygen atoms in total. The van der Waals surface area contributed by atoms with E-state index in [2.05, 4.69) is 10.6 Å². The number of hydrogen-bond donors (Lipinski definition) is 2. The molecule has 10 heteroatoms. The Hall–Kier alpha value is -3.95. The van der Waals surface area contributed by atoms with Crippen LogP contribution < -0.4 is 15.4 Å². The first-order valence-electron chi connectivity index (χ1n) is 8.84. The number of amides is 2. The Kier molecular flexibility index (Phi) is 7.45. The van der Waals surface area contributed by atoms with Gasteiger partial charge in [0.05, 0.1) is 12.0 Å². The van der Waals surface area contributed by atoms with Gasteiger partial charge in [0.25, 0.3) is 17.5 Å². The molecule has 0 heterocycles. The number of aryl methyl sites for hydroxylation is 2. The average Bonchev–Trinajstić information content (AvgIpc) is 2.72. The summed E-state index contributed by atoms with van der Waals surface area (Å²) in [5, 5.41) is 15.9. The minimum absolute atomic E-state index is 0.0111. The summed E-state index contributed by atoms with van der Waals surface area (Å²) in [5.41, 5.74) is 1.54. The number of carbonyl (C=O) groups excluding carboxylic acids is 3. The van der Waals surface area contributed by atoms with Crippen LogP contribution in [0.2, 0.25) is 0 Å². The van der Waals surface area contributed by atoms with Gasteiger partial charge in [-0.3, -0.25) is 24.5 Å². The van der Waals surface area contributed by atoms with E-state index in [0.717, 1.165) is 5.56 Å². The molecule has 0 spiro atoms. The number of ether oxygens (including phenoxy) is 2. The fraction of sp³-hybridized carbons (Fsp3) is 0.250. The minimum atomic E-state index is -0.832. The van der Waals surface area contributed by atoms with Crippen LogP contribution in [0.4, 0.5) is 11.4 Å². The summed E-state index contributed by atoms with van der Waals surface area (Å²) in [7, 11) is 1.50. The van der Waals surface area contributed by atoms with Crippen molar-refractivity contribution < 1.29 is 28.8 Å². The highest BCUT2D eigenvalue weighted by molar-refractivity contribution is 5.97. The maximum Gasteiger partial charge on any atom is 0.325 e. The number of nitrogens with one attached hydrogen (secondary N) is 2. The summed E-state index contributed by atoms with van der Waals surface area (Å²) in [5.74, 6) is -1.48. The number of benzene rings is 2. The molecule has 2 N–H and O–H groups in total. The van der Waals surface area contributed by atoms with Gasteiger partial charge in [0.2, 0.25) is 0 Å². The van der Waals surface area contributed by atoms with Crippen LogP contribution in [-0.2, 0) is 14.3 Å². The zero-order valence-electron chi connectivity index (χ0n) is 16.7. The molecule has 0 aliphatic rings. The number of methoxy groups -OCH3 is 1. The molecule has 30 heavy (non-hydrogen) atoms. The van der Waals surface area contributed by atoms with Crippen LogP contribution in [0, 0.1) is 24.0 Å². The van der Waals surface area contributed by atoms with Crippen LogP contribution in [0.15, 0.2) is 36.4 Å². The van der Waals surface area contributed by atoms with E-state index in [9.17, 15) is 24.5 Å². The Labute approximate surface area is 172 Å². The van der Waals surface area contributed by atoms with Crippen molar-refractivity contribution in [1.29, 1.82) is 0 Å². The number of esters is 1. The first-order chi connectivity index (χ1) is 14.2. The molecule has 2 aromatic rings. The maximum absolute atomic E-state index is 12.0. The maximum atomic E-state index is 12.0. The third kappa shape index (κ3) is 6.03. The van der Waals surface area contributed by atoms with E-state index >= 15 is 0 Å². The van der Waals surface area contributed by atoms with Crippen LogP contribution >= 0.6 is 0 Å². The number of anilines is 1. The molecule has 0 saturated heterocycles. The fourth-order valence-corrected chi connectivity index (χ4v) is 2.43. The molecule has 0 aromatic heterocycles. The molecule has 2 amide bonds. The average molecular weight is 415 g/mol. The Morgan fingerprint density at radius 2 is 1.70 bits per heavy atom. The van der Waals surface area contributed by atoms with Crippen molar-refractivity contribution in [3.8, 4) is 5.75 Å². The summed E-state index contributed by atoms with van der Waals surface area (Å²) < 4.78 is 9.79. The van der Waals surface area contributed by atoms with E-state index in [1.807, 2.05) is 0 Å². The second kappa shape index (κ2) is 10.0. The van der Waals surface area contributed by atoms with Gasteiger partial charge in [0.1, 0.15) is 18.0 Å². The highest BCUT2D eigenvalue weighted by atomic mass is 16.6. The van der Waals surface area contributed by atoms with Gasteiger partial charge in [-0.15, -0.1) is 0 Å². The molecule has 158 valence electrons. The molecule has 2 aromatic carbocycles. The molecule has 0 unspecified atom stereocenters. The van der Waals surface area contributed by atoms with Crippen molar-refractivity contribution in [2.45, 2.75) is 13.8 Å². The van der Waals surface area contributed by atoms with Crippen LogP contribution in [0.5, 0.6) is 5.75 Å². The smallest absolute Gasteiger partial charge is 0.325 e. The van der Waals surface area contributed by atoms with Gasteiger partial charge in [-0.2, -0.15) is 0 Å². The van der Waals surface area contributed by atoms with Crippen LogP contribution in [0.3, 0.4) is 0 Å². The quantitative estimate of drug-likeness (QED) is 0.383. The summed E-state index contributed by atoms with van der Waals surface area (Å²) in [4.78, 5) is 46.3. The molecule has 0 aliphatic heterocycles. The van der Waals surface area contributed by atoms with Gasteiger partial charge in [0, 0.05) is 11.6 Å². The molecule has 0 fully saturated rings. The predicted molar refractivity (Wildman–Crippen MR) is 107 cm³/mol. The lowest BCUT2D eigenvalue weighted by molar-refractivity contribution is -0.384. The second-order valence-corrected chi connectivity index (χ2v) is 6.33.